The second kappa shape index (κ2) is 4.78. The number of hydrogen-bond donors (Lipinski definition) is 1. The molecule has 1 atom stereocenters. The van der Waals surface area contributed by atoms with Gasteiger partial charge in [-0.1, -0.05) is 20.8 Å². The summed E-state index contributed by atoms with van der Waals surface area (Å²) in [5, 5.41) is 2.97. The highest BCUT2D eigenvalue weighted by atomic mass is 16.5. The van der Waals surface area contributed by atoms with Gasteiger partial charge in [0.1, 0.15) is 0 Å². The summed E-state index contributed by atoms with van der Waals surface area (Å²) in [5.41, 5.74) is -0.282. The molecule has 0 bridgehead atoms. The van der Waals surface area contributed by atoms with Gasteiger partial charge >= 0.3 is 0 Å². The van der Waals surface area contributed by atoms with Crippen LogP contribution < -0.4 is 5.32 Å². The van der Waals surface area contributed by atoms with Gasteiger partial charge in [0.25, 0.3) is 0 Å². The molecule has 1 heterocycles. The molecule has 1 unspecified atom stereocenters. The lowest BCUT2D eigenvalue weighted by atomic mass is 9.95. The maximum atomic E-state index is 11.6. The Morgan fingerprint density at radius 3 is 2.71 bits per heavy atom. The van der Waals surface area contributed by atoms with Gasteiger partial charge in [-0.25, -0.2) is 0 Å². The molecular formula is C11H21NO2. The highest BCUT2D eigenvalue weighted by Gasteiger charge is 2.22. The minimum Gasteiger partial charge on any atom is -0.381 e. The van der Waals surface area contributed by atoms with Gasteiger partial charge in [0, 0.05) is 18.6 Å². The van der Waals surface area contributed by atoms with E-state index in [1.807, 2.05) is 20.8 Å². The molecule has 0 aromatic carbocycles. The van der Waals surface area contributed by atoms with Gasteiger partial charge in [-0.15, -0.1) is 0 Å². The van der Waals surface area contributed by atoms with Crippen LogP contribution >= 0.6 is 0 Å². The van der Waals surface area contributed by atoms with E-state index in [9.17, 15) is 4.79 Å². The van der Waals surface area contributed by atoms with Gasteiger partial charge in [-0.3, -0.25) is 4.79 Å². The van der Waals surface area contributed by atoms with E-state index in [1.165, 1.54) is 6.42 Å². The molecule has 1 saturated heterocycles. The van der Waals surface area contributed by atoms with Crippen LogP contribution in [0.2, 0.25) is 0 Å². The van der Waals surface area contributed by atoms with Crippen LogP contribution in [-0.4, -0.2) is 25.7 Å². The number of carbonyl (C=O) groups is 1. The van der Waals surface area contributed by atoms with Gasteiger partial charge in [-0.05, 0) is 18.8 Å². The molecule has 1 aliphatic rings. The van der Waals surface area contributed by atoms with Crippen molar-refractivity contribution in [1.29, 1.82) is 0 Å². The van der Waals surface area contributed by atoms with Crippen molar-refractivity contribution < 1.29 is 9.53 Å². The number of rotatable bonds is 2. The molecule has 0 saturated carbocycles. The van der Waals surface area contributed by atoms with Crippen molar-refractivity contribution in [3.63, 3.8) is 0 Å². The fourth-order valence-corrected chi connectivity index (χ4v) is 1.47. The first-order chi connectivity index (χ1) is 6.50. The van der Waals surface area contributed by atoms with Crippen LogP contribution in [0, 0.1) is 11.3 Å². The molecular weight excluding hydrogens is 178 g/mol. The highest BCUT2D eigenvalue weighted by molar-refractivity contribution is 5.81. The zero-order valence-corrected chi connectivity index (χ0v) is 9.43. The third-order valence-electron chi connectivity index (χ3n) is 2.49. The van der Waals surface area contributed by atoms with Crippen molar-refractivity contribution in [1.82, 2.24) is 5.32 Å². The van der Waals surface area contributed by atoms with Gasteiger partial charge in [0.05, 0.1) is 6.61 Å². The Morgan fingerprint density at radius 1 is 1.50 bits per heavy atom. The van der Waals surface area contributed by atoms with E-state index in [-0.39, 0.29) is 11.3 Å². The van der Waals surface area contributed by atoms with Crippen LogP contribution in [0.5, 0.6) is 0 Å². The number of carbonyl (C=O) groups excluding carboxylic acids is 1. The Labute approximate surface area is 86.2 Å². The summed E-state index contributed by atoms with van der Waals surface area (Å²) in [7, 11) is 0. The standard InChI is InChI=1S/C11H21NO2/c1-11(2,3)10(13)12-7-9-5-4-6-14-8-9/h9H,4-8H2,1-3H3,(H,12,13). The summed E-state index contributed by atoms with van der Waals surface area (Å²) in [4.78, 5) is 11.6. The van der Waals surface area contributed by atoms with Crippen LogP contribution in [0.4, 0.5) is 0 Å². The van der Waals surface area contributed by atoms with Crippen molar-refractivity contribution >= 4 is 5.91 Å². The van der Waals surface area contributed by atoms with Crippen LogP contribution in [0.1, 0.15) is 33.6 Å². The first-order valence-electron chi connectivity index (χ1n) is 5.36. The van der Waals surface area contributed by atoms with E-state index >= 15 is 0 Å². The second-order valence-corrected chi connectivity index (χ2v) is 5.04. The fraction of sp³-hybridized carbons (Fsp3) is 0.909. The largest absolute Gasteiger partial charge is 0.381 e. The van der Waals surface area contributed by atoms with E-state index in [2.05, 4.69) is 5.32 Å². The van der Waals surface area contributed by atoms with Crippen LogP contribution in [0.15, 0.2) is 0 Å². The zero-order chi connectivity index (χ0) is 10.6. The van der Waals surface area contributed by atoms with Gasteiger partial charge in [-0.2, -0.15) is 0 Å². The van der Waals surface area contributed by atoms with Crippen molar-refractivity contribution in [2.24, 2.45) is 11.3 Å². The van der Waals surface area contributed by atoms with Gasteiger partial charge < -0.3 is 10.1 Å². The molecule has 1 fully saturated rings. The normalized spacial score (nSPS) is 23.2. The molecule has 82 valence electrons. The predicted octanol–water partition coefficient (Wildman–Crippen LogP) is 1.58. The lowest BCUT2D eigenvalue weighted by Gasteiger charge is -2.24. The third kappa shape index (κ3) is 3.66. The van der Waals surface area contributed by atoms with E-state index in [0.29, 0.717) is 5.92 Å². The minimum atomic E-state index is -0.282. The molecule has 1 aliphatic heterocycles. The molecule has 1 N–H and O–H groups in total. The Kier molecular flexibility index (Phi) is 3.93. The third-order valence-corrected chi connectivity index (χ3v) is 2.49. The summed E-state index contributed by atoms with van der Waals surface area (Å²) < 4.78 is 5.35. The molecule has 0 spiro atoms. The number of hydrogen-bond acceptors (Lipinski definition) is 2. The Balaban J connectivity index is 2.22. The van der Waals surface area contributed by atoms with Crippen molar-refractivity contribution in [3.8, 4) is 0 Å². The molecule has 3 nitrogen and oxygen atoms in total. The summed E-state index contributed by atoms with van der Waals surface area (Å²) in [5.74, 6) is 0.637. The second-order valence-electron chi connectivity index (χ2n) is 5.04. The quantitative estimate of drug-likeness (QED) is 0.733. The summed E-state index contributed by atoms with van der Waals surface area (Å²) in [6, 6.07) is 0. The summed E-state index contributed by atoms with van der Waals surface area (Å²) >= 11 is 0. The Bertz CT molecular complexity index is 190. The first-order valence-corrected chi connectivity index (χ1v) is 5.36. The zero-order valence-electron chi connectivity index (χ0n) is 9.43. The van der Waals surface area contributed by atoms with E-state index in [4.69, 9.17) is 4.74 Å². The monoisotopic (exact) mass is 199 g/mol. The molecule has 1 amide bonds. The summed E-state index contributed by atoms with van der Waals surface area (Å²) in [6.45, 7) is 8.23. The lowest BCUT2D eigenvalue weighted by molar-refractivity contribution is -0.128. The fourth-order valence-electron chi connectivity index (χ4n) is 1.47. The van der Waals surface area contributed by atoms with E-state index < -0.39 is 0 Å². The maximum absolute atomic E-state index is 11.6. The lowest BCUT2D eigenvalue weighted by Crippen LogP contribution is -2.39. The smallest absolute Gasteiger partial charge is 0.225 e. The topological polar surface area (TPSA) is 38.3 Å². The van der Waals surface area contributed by atoms with Crippen molar-refractivity contribution in [2.75, 3.05) is 19.8 Å². The Morgan fingerprint density at radius 2 is 2.21 bits per heavy atom. The molecule has 14 heavy (non-hydrogen) atoms. The van der Waals surface area contributed by atoms with E-state index in [0.717, 1.165) is 26.2 Å². The predicted molar refractivity (Wildman–Crippen MR) is 56.0 cm³/mol. The number of ether oxygens (including phenoxy) is 1. The minimum absolute atomic E-state index is 0.128. The van der Waals surface area contributed by atoms with Crippen LogP contribution in [-0.2, 0) is 9.53 Å². The van der Waals surface area contributed by atoms with Gasteiger partial charge in [0.2, 0.25) is 5.91 Å². The average molecular weight is 199 g/mol. The maximum Gasteiger partial charge on any atom is 0.225 e. The first kappa shape index (κ1) is 11.5. The van der Waals surface area contributed by atoms with Crippen molar-refractivity contribution in [3.05, 3.63) is 0 Å². The number of amides is 1. The molecule has 1 rings (SSSR count). The molecule has 0 aromatic heterocycles. The van der Waals surface area contributed by atoms with Gasteiger partial charge in [0.15, 0.2) is 0 Å². The highest BCUT2D eigenvalue weighted by Crippen LogP contribution is 2.15. The average Bonchev–Trinajstić information content (AvgIpc) is 2.14. The SMILES string of the molecule is CC(C)(C)C(=O)NCC1CCCOC1. The Hall–Kier alpha value is -0.570. The van der Waals surface area contributed by atoms with Crippen LogP contribution in [0.3, 0.4) is 0 Å². The molecule has 0 aromatic rings. The van der Waals surface area contributed by atoms with E-state index in [1.54, 1.807) is 0 Å². The number of nitrogens with one attached hydrogen (secondary N) is 1. The molecule has 0 radical (unpaired) electrons. The van der Waals surface area contributed by atoms with Crippen LogP contribution in [0.25, 0.3) is 0 Å². The van der Waals surface area contributed by atoms with Crippen molar-refractivity contribution in [2.45, 2.75) is 33.6 Å². The molecule has 3 heteroatoms. The summed E-state index contributed by atoms with van der Waals surface area (Å²) in [6.07, 6.45) is 2.29. The molecule has 0 aliphatic carbocycles.